The highest BCUT2D eigenvalue weighted by Crippen LogP contribution is 2.33. The van der Waals surface area contributed by atoms with Gasteiger partial charge in [0.15, 0.2) is 24.9 Å². The van der Waals surface area contributed by atoms with E-state index in [1.54, 1.807) is 30.1 Å². The molecule has 1 saturated heterocycles. The third-order valence-electron chi connectivity index (χ3n) is 6.37. The van der Waals surface area contributed by atoms with Crippen molar-refractivity contribution in [3.05, 3.63) is 53.1 Å². The average molecular weight is 598 g/mol. The lowest BCUT2D eigenvalue weighted by atomic mass is 10.1. The van der Waals surface area contributed by atoms with Crippen molar-refractivity contribution in [1.82, 2.24) is 20.2 Å². The first-order valence-electron chi connectivity index (χ1n) is 13.1. The van der Waals surface area contributed by atoms with Crippen LogP contribution < -0.4 is 15.4 Å². The third-order valence-corrected chi connectivity index (χ3v) is 6.37. The van der Waals surface area contributed by atoms with Crippen LogP contribution in [-0.4, -0.2) is 91.1 Å². The number of rotatable bonds is 8. The van der Waals surface area contributed by atoms with Gasteiger partial charge in [0.1, 0.15) is 23.8 Å². The zero-order valence-corrected chi connectivity index (χ0v) is 23.6. The Morgan fingerprint density at radius 1 is 1.19 bits per heavy atom. The topological polar surface area (TPSA) is 137 Å². The minimum atomic E-state index is -4.48. The van der Waals surface area contributed by atoms with E-state index in [0.29, 0.717) is 41.8 Å². The van der Waals surface area contributed by atoms with Crippen LogP contribution in [0.25, 0.3) is 11.0 Å². The number of benzene rings is 1. The Morgan fingerprint density at radius 3 is 2.33 bits per heavy atom. The number of fused-ring (bicyclic) bond motifs is 1. The second-order valence-corrected chi connectivity index (χ2v) is 9.11. The number of ether oxygens (including phenoxy) is 1. The SMILES string of the molecule is CCc1nc2[nH]c(C=O)c(OCC(F)(F)F)c2cc1NC.CNC1CCN(C(=O)CO)CC1.O=Cc1ccccc1F. The van der Waals surface area contributed by atoms with E-state index in [1.165, 1.54) is 12.1 Å². The summed E-state index contributed by atoms with van der Waals surface area (Å²) in [6.45, 7) is 1.62. The summed E-state index contributed by atoms with van der Waals surface area (Å²) in [5.74, 6) is -0.749. The molecule has 2 aromatic heterocycles. The number of alkyl halides is 3. The van der Waals surface area contributed by atoms with Crippen LogP contribution in [0.1, 0.15) is 46.3 Å². The second kappa shape index (κ2) is 16.4. The normalized spacial score (nSPS) is 13.4. The number of carbonyl (C=O) groups excluding carboxylic acids is 3. The molecule has 1 fully saturated rings. The number of H-pyrrole nitrogens is 1. The number of likely N-dealkylation sites (tertiary alicyclic amines) is 1. The molecule has 42 heavy (non-hydrogen) atoms. The Morgan fingerprint density at radius 2 is 1.86 bits per heavy atom. The van der Waals surface area contributed by atoms with Crippen molar-refractivity contribution in [2.24, 2.45) is 0 Å². The maximum atomic E-state index is 12.4. The largest absolute Gasteiger partial charge is 0.481 e. The number of aliphatic hydroxyl groups excluding tert-OH is 1. The summed E-state index contributed by atoms with van der Waals surface area (Å²) in [7, 11) is 3.62. The number of piperidine rings is 1. The number of hydrogen-bond donors (Lipinski definition) is 4. The Bertz CT molecular complexity index is 1320. The van der Waals surface area contributed by atoms with E-state index in [4.69, 9.17) is 9.84 Å². The highest BCUT2D eigenvalue weighted by molar-refractivity contribution is 5.95. The van der Waals surface area contributed by atoms with E-state index in [2.05, 4.69) is 20.6 Å². The second-order valence-electron chi connectivity index (χ2n) is 9.11. The van der Waals surface area contributed by atoms with E-state index in [-0.39, 0.29) is 29.5 Å². The molecule has 1 amide bonds. The van der Waals surface area contributed by atoms with Gasteiger partial charge >= 0.3 is 6.18 Å². The first kappa shape index (κ1) is 34.2. The molecule has 0 atom stereocenters. The molecule has 1 aromatic carbocycles. The highest BCUT2D eigenvalue weighted by atomic mass is 19.4. The number of anilines is 1. The predicted molar refractivity (Wildman–Crippen MR) is 149 cm³/mol. The van der Waals surface area contributed by atoms with Gasteiger partial charge in [0.25, 0.3) is 0 Å². The number of amides is 1. The van der Waals surface area contributed by atoms with Gasteiger partial charge in [0.2, 0.25) is 5.91 Å². The van der Waals surface area contributed by atoms with Gasteiger partial charge in [-0.05, 0) is 44.5 Å². The molecule has 0 unspecified atom stereocenters. The molecular formula is C28H35F4N5O5. The molecule has 230 valence electrons. The molecule has 1 aliphatic heterocycles. The molecule has 4 rings (SSSR count). The van der Waals surface area contributed by atoms with Crippen LogP contribution in [0, 0.1) is 5.82 Å². The number of aromatic amines is 1. The maximum absolute atomic E-state index is 12.4. The van der Waals surface area contributed by atoms with Crippen LogP contribution in [-0.2, 0) is 11.2 Å². The summed E-state index contributed by atoms with van der Waals surface area (Å²) in [5, 5.41) is 15.0. The fourth-order valence-electron chi connectivity index (χ4n) is 4.12. The number of aromatic nitrogens is 2. The van der Waals surface area contributed by atoms with Gasteiger partial charge in [-0.1, -0.05) is 19.1 Å². The summed E-state index contributed by atoms with van der Waals surface area (Å²) >= 11 is 0. The minimum absolute atomic E-state index is 0.0583. The molecule has 3 aromatic rings. The van der Waals surface area contributed by atoms with Crippen molar-refractivity contribution in [3.8, 4) is 5.75 Å². The highest BCUT2D eigenvalue weighted by Gasteiger charge is 2.30. The molecule has 1 aliphatic rings. The standard InChI is InChI=1S/C13H14F3N3O2.C8H16N2O2.C7H5FO/c1-3-8-9(17-2)4-7-11(21-6-13(14,15)16)10(5-20)19-12(7)18-8;1-9-7-2-4-10(5-3-7)8(12)6-11;8-7-4-2-1-3-6(7)5-9/h4-5,17H,3,6H2,1-2H3,(H,18,19);7,9,11H,2-6H2,1H3;1-5H. The number of aryl methyl sites for hydroxylation is 1. The molecule has 10 nitrogen and oxygen atoms in total. The van der Waals surface area contributed by atoms with Gasteiger partial charge in [-0.15, -0.1) is 0 Å². The molecule has 0 aliphatic carbocycles. The third kappa shape index (κ3) is 9.80. The average Bonchev–Trinajstić information content (AvgIpc) is 3.35. The lowest BCUT2D eigenvalue weighted by Gasteiger charge is -2.31. The summed E-state index contributed by atoms with van der Waals surface area (Å²) in [6, 6.07) is 8.00. The quantitative estimate of drug-likeness (QED) is 0.228. The van der Waals surface area contributed by atoms with Crippen LogP contribution >= 0.6 is 0 Å². The molecule has 4 N–H and O–H groups in total. The first-order valence-corrected chi connectivity index (χ1v) is 13.1. The van der Waals surface area contributed by atoms with Crippen molar-refractivity contribution in [1.29, 1.82) is 0 Å². The summed E-state index contributed by atoms with van der Waals surface area (Å²) in [5.41, 5.74) is 1.80. The first-order chi connectivity index (χ1) is 20.0. The molecule has 3 heterocycles. The number of halogens is 4. The van der Waals surface area contributed by atoms with E-state index in [0.717, 1.165) is 31.6 Å². The van der Waals surface area contributed by atoms with Crippen LogP contribution in [0.4, 0.5) is 23.2 Å². The monoisotopic (exact) mass is 597 g/mol. The van der Waals surface area contributed by atoms with Gasteiger partial charge < -0.3 is 30.4 Å². The van der Waals surface area contributed by atoms with Gasteiger partial charge in [0.05, 0.1) is 22.3 Å². The number of nitrogens with one attached hydrogen (secondary N) is 3. The minimum Gasteiger partial charge on any atom is -0.481 e. The number of hydrogen-bond acceptors (Lipinski definition) is 8. The molecule has 0 bridgehead atoms. The number of aliphatic hydroxyl groups is 1. The van der Waals surface area contributed by atoms with Crippen molar-refractivity contribution in [2.75, 3.05) is 45.7 Å². The zero-order chi connectivity index (χ0) is 31.3. The molecule has 0 radical (unpaired) electrons. The van der Waals surface area contributed by atoms with E-state index < -0.39 is 18.6 Å². The van der Waals surface area contributed by atoms with Crippen molar-refractivity contribution in [2.45, 2.75) is 38.4 Å². The van der Waals surface area contributed by atoms with Crippen LogP contribution in [0.2, 0.25) is 0 Å². The van der Waals surface area contributed by atoms with E-state index in [9.17, 15) is 31.9 Å². The van der Waals surface area contributed by atoms with E-state index >= 15 is 0 Å². The van der Waals surface area contributed by atoms with Gasteiger partial charge in [-0.2, -0.15) is 13.2 Å². The Labute approximate surface area is 240 Å². The van der Waals surface area contributed by atoms with Crippen LogP contribution in [0.3, 0.4) is 0 Å². The summed E-state index contributed by atoms with van der Waals surface area (Å²) in [4.78, 5) is 40.7. The fraction of sp³-hybridized carbons (Fsp3) is 0.429. The number of nitrogens with zero attached hydrogens (tertiary/aromatic N) is 2. The van der Waals surface area contributed by atoms with Gasteiger partial charge in [-0.25, -0.2) is 9.37 Å². The van der Waals surface area contributed by atoms with Gasteiger partial charge in [0, 0.05) is 26.2 Å². The van der Waals surface area contributed by atoms with Crippen LogP contribution in [0.5, 0.6) is 5.75 Å². The van der Waals surface area contributed by atoms with Crippen LogP contribution in [0.15, 0.2) is 30.3 Å². The molecular weight excluding hydrogens is 562 g/mol. The summed E-state index contributed by atoms with van der Waals surface area (Å²) in [6.07, 6.45) is -0.954. The smallest absolute Gasteiger partial charge is 0.422 e. The maximum Gasteiger partial charge on any atom is 0.422 e. The Kier molecular flexibility index (Phi) is 13.4. The number of pyridine rings is 1. The van der Waals surface area contributed by atoms with Crippen molar-refractivity contribution >= 4 is 35.2 Å². The number of aldehydes is 2. The van der Waals surface area contributed by atoms with E-state index in [1.807, 2.05) is 14.0 Å². The van der Waals surface area contributed by atoms with Crippen molar-refractivity contribution < 1.29 is 41.8 Å². The zero-order valence-electron chi connectivity index (χ0n) is 23.6. The lowest BCUT2D eigenvalue weighted by molar-refractivity contribution is -0.153. The lowest BCUT2D eigenvalue weighted by Crippen LogP contribution is -2.44. The van der Waals surface area contributed by atoms with Crippen molar-refractivity contribution in [3.63, 3.8) is 0 Å². The summed E-state index contributed by atoms with van der Waals surface area (Å²) < 4.78 is 54.0. The predicted octanol–water partition coefficient (Wildman–Crippen LogP) is 3.75. The Balaban J connectivity index is 0.000000247. The van der Waals surface area contributed by atoms with Gasteiger partial charge in [-0.3, -0.25) is 14.4 Å². The number of carbonyl (C=O) groups is 3. The molecule has 0 saturated carbocycles. The Hall–Kier alpha value is -4.04. The molecule has 14 heteroatoms. The fourth-order valence-corrected chi connectivity index (χ4v) is 4.12. The molecule has 0 spiro atoms.